The van der Waals surface area contributed by atoms with Gasteiger partial charge in [0.15, 0.2) is 0 Å². The first-order valence-electron chi connectivity index (χ1n) is 6.48. The summed E-state index contributed by atoms with van der Waals surface area (Å²) in [4.78, 5) is 11.7. The molecular weight excluding hydrogens is 268 g/mol. The van der Waals surface area contributed by atoms with E-state index in [1.807, 2.05) is 0 Å². The smallest absolute Gasteiger partial charge is 0.387 e. The Labute approximate surface area is 115 Å². The topological polar surface area (TPSA) is 72.6 Å². The summed E-state index contributed by atoms with van der Waals surface area (Å²) in [5.74, 6) is -0.966. The van der Waals surface area contributed by atoms with E-state index < -0.39 is 18.0 Å². The number of hydrogen-bond donors (Lipinski definition) is 2. The lowest BCUT2D eigenvalue weighted by atomic mass is 9.68. The molecule has 110 valence electrons. The molecule has 6 heteroatoms. The summed E-state index contributed by atoms with van der Waals surface area (Å²) in [5.41, 5.74) is 5.25. The van der Waals surface area contributed by atoms with Crippen LogP contribution < -0.4 is 10.5 Å². The number of rotatable bonds is 4. The average Bonchev–Trinajstić information content (AvgIpc) is 2.39. The minimum Gasteiger partial charge on any atom is -0.481 e. The standard InChI is InChI=1S/C14H17F2NO3/c15-13(16)20-11-3-1-2-9(8-11)14(12(18)19)6-4-10(17)5-7-14/h1-3,8,10,13H,4-7,17H2,(H,18,19). The Hall–Kier alpha value is -1.69. The van der Waals surface area contributed by atoms with Gasteiger partial charge in [0.25, 0.3) is 0 Å². The van der Waals surface area contributed by atoms with E-state index in [-0.39, 0.29) is 11.8 Å². The van der Waals surface area contributed by atoms with Gasteiger partial charge in [-0.15, -0.1) is 0 Å². The van der Waals surface area contributed by atoms with Crippen LogP contribution in [-0.2, 0) is 10.2 Å². The van der Waals surface area contributed by atoms with Crippen LogP contribution >= 0.6 is 0 Å². The number of ether oxygens (including phenoxy) is 1. The number of carbonyl (C=O) groups is 1. The van der Waals surface area contributed by atoms with Crippen LogP contribution in [0.1, 0.15) is 31.2 Å². The van der Waals surface area contributed by atoms with Crippen molar-refractivity contribution in [2.45, 2.75) is 43.8 Å². The summed E-state index contributed by atoms with van der Waals surface area (Å²) >= 11 is 0. The fraction of sp³-hybridized carbons (Fsp3) is 0.500. The summed E-state index contributed by atoms with van der Waals surface area (Å²) in [5, 5.41) is 9.57. The lowest BCUT2D eigenvalue weighted by Crippen LogP contribution is -2.42. The van der Waals surface area contributed by atoms with Crippen LogP contribution in [0.25, 0.3) is 0 Å². The third-order valence-electron chi connectivity index (χ3n) is 3.90. The quantitative estimate of drug-likeness (QED) is 0.891. The van der Waals surface area contributed by atoms with E-state index in [1.165, 1.54) is 18.2 Å². The van der Waals surface area contributed by atoms with Crippen LogP contribution in [0.2, 0.25) is 0 Å². The number of hydrogen-bond acceptors (Lipinski definition) is 3. The van der Waals surface area contributed by atoms with Crippen LogP contribution in [0.3, 0.4) is 0 Å². The van der Waals surface area contributed by atoms with E-state index in [0.29, 0.717) is 31.2 Å². The minimum atomic E-state index is -2.93. The Kier molecular flexibility index (Phi) is 4.23. The molecule has 0 saturated heterocycles. The molecule has 3 N–H and O–H groups in total. The molecule has 0 spiro atoms. The first-order valence-corrected chi connectivity index (χ1v) is 6.48. The lowest BCUT2D eigenvalue weighted by molar-refractivity contribution is -0.145. The Balaban J connectivity index is 2.32. The fourth-order valence-electron chi connectivity index (χ4n) is 2.73. The number of carboxylic acids is 1. The van der Waals surface area contributed by atoms with E-state index in [1.54, 1.807) is 6.07 Å². The fourth-order valence-corrected chi connectivity index (χ4v) is 2.73. The highest BCUT2D eigenvalue weighted by molar-refractivity contribution is 5.81. The number of aliphatic carboxylic acids is 1. The van der Waals surface area contributed by atoms with Crippen molar-refractivity contribution in [3.63, 3.8) is 0 Å². The van der Waals surface area contributed by atoms with E-state index in [4.69, 9.17) is 5.73 Å². The van der Waals surface area contributed by atoms with Gasteiger partial charge in [-0.3, -0.25) is 4.79 Å². The molecule has 20 heavy (non-hydrogen) atoms. The SMILES string of the molecule is NC1CCC(C(=O)O)(c2cccc(OC(F)F)c2)CC1. The van der Waals surface area contributed by atoms with Gasteiger partial charge in [0, 0.05) is 6.04 Å². The lowest BCUT2D eigenvalue weighted by Gasteiger charge is -2.36. The minimum absolute atomic E-state index is 0.00275. The second-order valence-electron chi connectivity index (χ2n) is 5.13. The molecule has 0 radical (unpaired) electrons. The highest BCUT2D eigenvalue weighted by Crippen LogP contribution is 2.40. The Morgan fingerprint density at radius 3 is 2.60 bits per heavy atom. The molecule has 1 aliphatic carbocycles. The zero-order valence-corrected chi connectivity index (χ0v) is 10.9. The average molecular weight is 285 g/mol. The van der Waals surface area contributed by atoms with E-state index in [2.05, 4.69) is 4.74 Å². The number of nitrogens with two attached hydrogens (primary N) is 1. The van der Waals surface area contributed by atoms with Gasteiger partial charge in [-0.2, -0.15) is 8.78 Å². The molecule has 0 bridgehead atoms. The second-order valence-corrected chi connectivity index (χ2v) is 5.13. The molecule has 0 aromatic heterocycles. The third kappa shape index (κ3) is 2.90. The molecule has 4 nitrogen and oxygen atoms in total. The molecule has 0 heterocycles. The summed E-state index contributed by atoms with van der Waals surface area (Å²) in [7, 11) is 0. The van der Waals surface area contributed by atoms with Crippen molar-refractivity contribution >= 4 is 5.97 Å². The van der Waals surface area contributed by atoms with Crippen molar-refractivity contribution < 1.29 is 23.4 Å². The van der Waals surface area contributed by atoms with Crippen molar-refractivity contribution in [2.75, 3.05) is 0 Å². The highest BCUT2D eigenvalue weighted by atomic mass is 19.3. The second kappa shape index (κ2) is 5.75. The van der Waals surface area contributed by atoms with Gasteiger partial charge in [-0.25, -0.2) is 0 Å². The van der Waals surface area contributed by atoms with E-state index in [0.717, 1.165) is 0 Å². The van der Waals surface area contributed by atoms with Crippen molar-refractivity contribution in [3.05, 3.63) is 29.8 Å². The summed E-state index contributed by atoms with van der Waals surface area (Å²) in [6, 6.07) is 5.95. The Morgan fingerprint density at radius 1 is 1.40 bits per heavy atom. The Morgan fingerprint density at radius 2 is 2.05 bits per heavy atom. The molecule has 1 aliphatic rings. The van der Waals surface area contributed by atoms with Gasteiger partial charge < -0.3 is 15.6 Å². The van der Waals surface area contributed by atoms with Gasteiger partial charge in [0.1, 0.15) is 5.75 Å². The predicted molar refractivity (Wildman–Crippen MR) is 68.8 cm³/mol. The largest absolute Gasteiger partial charge is 0.481 e. The number of alkyl halides is 2. The van der Waals surface area contributed by atoms with E-state index in [9.17, 15) is 18.7 Å². The molecule has 0 amide bonds. The normalized spacial score (nSPS) is 26.5. The van der Waals surface area contributed by atoms with Crippen LogP contribution in [0, 0.1) is 0 Å². The third-order valence-corrected chi connectivity index (χ3v) is 3.90. The van der Waals surface area contributed by atoms with Crippen LogP contribution in [-0.4, -0.2) is 23.7 Å². The van der Waals surface area contributed by atoms with E-state index >= 15 is 0 Å². The molecule has 1 fully saturated rings. The summed E-state index contributed by atoms with van der Waals surface area (Å²) in [6.07, 6.45) is 2.02. The summed E-state index contributed by atoms with van der Waals surface area (Å²) < 4.78 is 28.8. The maximum atomic E-state index is 12.2. The zero-order chi connectivity index (χ0) is 14.8. The zero-order valence-electron chi connectivity index (χ0n) is 10.9. The van der Waals surface area contributed by atoms with Crippen molar-refractivity contribution in [2.24, 2.45) is 5.73 Å². The monoisotopic (exact) mass is 285 g/mol. The highest BCUT2D eigenvalue weighted by Gasteiger charge is 2.43. The number of halogens is 2. The first kappa shape index (κ1) is 14.7. The molecule has 2 rings (SSSR count). The van der Waals surface area contributed by atoms with Gasteiger partial charge in [0.2, 0.25) is 0 Å². The molecule has 0 atom stereocenters. The molecule has 1 aromatic carbocycles. The van der Waals surface area contributed by atoms with Gasteiger partial charge in [-0.05, 0) is 43.4 Å². The van der Waals surface area contributed by atoms with Gasteiger partial charge in [-0.1, -0.05) is 12.1 Å². The molecular formula is C14H17F2NO3. The maximum Gasteiger partial charge on any atom is 0.387 e. The predicted octanol–water partition coefficient (Wildman–Crippen LogP) is 2.51. The van der Waals surface area contributed by atoms with Crippen molar-refractivity contribution in [1.29, 1.82) is 0 Å². The number of benzene rings is 1. The molecule has 1 aromatic rings. The molecule has 1 saturated carbocycles. The summed E-state index contributed by atoms with van der Waals surface area (Å²) in [6.45, 7) is -2.93. The molecule has 0 unspecified atom stereocenters. The van der Waals surface area contributed by atoms with Crippen molar-refractivity contribution in [1.82, 2.24) is 0 Å². The van der Waals surface area contributed by atoms with Crippen LogP contribution in [0.4, 0.5) is 8.78 Å². The Bertz CT molecular complexity index is 485. The maximum absolute atomic E-state index is 12.2. The van der Waals surface area contributed by atoms with Crippen LogP contribution in [0.5, 0.6) is 5.75 Å². The van der Waals surface area contributed by atoms with Crippen LogP contribution in [0.15, 0.2) is 24.3 Å². The van der Waals surface area contributed by atoms with Gasteiger partial charge in [0.05, 0.1) is 5.41 Å². The molecule has 0 aliphatic heterocycles. The van der Waals surface area contributed by atoms with Gasteiger partial charge >= 0.3 is 12.6 Å². The van der Waals surface area contributed by atoms with Crippen molar-refractivity contribution in [3.8, 4) is 5.75 Å². The number of carboxylic acid groups (broad SMARTS) is 1. The first-order chi connectivity index (χ1) is 9.44.